The Kier molecular flexibility index (Phi) is 6.10. The summed E-state index contributed by atoms with van der Waals surface area (Å²) in [6.45, 7) is 8.57. The summed E-state index contributed by atoms with van der Waals surface area (Å²) in [6.07, 6.45) is 1.63. The van der Waals surface area contributed by atoms with Crippen LogP contribution in [0.3, 0.4) is 0 Å². The molecule has 0 aliphatic carbocycles. The Morgan fingerprint density at radius 3 is 2.72 bits per heavy atom. The van der Waals surface area contributed by atoms with Crippen molar-refractivity contribution < 1.29 is 9.90 Å². The van der Waals surface area contributed by atoms with Crippen molar-refractivity contribution in [2.75, 3.05) is 46.3 Å². The van der Waals surface area contributed by atoms with Gasteiger partial charge < -0.3 is 14.9 Å². The number of nitrogens with zero attached hydrogens (tertiary/aromatic N) is 3. The fourth-order valence-corrected chi connectivity index (χ4v) is 3.84. The van der Waals surface area contributed by atoms with Gasteiger partial charge in [0.05, 0.1) is 6.10 Å². The Labute approximate surface area is 151 Å². The molecular weight excluding hydrogens is 314 g/mol. The van der Waals surface area contributed by atoms with Crippen molar-refractivity contribution in [2.45, 2.75) is 32.4 Å². The molecule has 1 amide bonds. The summed E-state index contributed by atoms with van der Waals surface area (Å²) >= 11 is 0. The third kappa shape index (κ3) is 4.81. The number of aliphatic hydroxyl groups is 1. The van der Waals surface area contributed by atoms with Gasteiger partial charge in [0.25, 0.3) is 5.91 Å². The Morgan fingerprint density at radius 1 is 1.24 bits per heavy atom. The summed E-state index contributed by atoms with van der Waals surface area (Å²) in [5, 5.41) is 9.85. The molecule has 5 heteroatoms. The van der Waals surface area contributed by atoms with Crippen LogP contribution in [0.4, 0.5) is 0 Å². The molecule has 1 N–H and O–H groups in total. The van der Waals surface area contributed by atoms with Gasteiger partial charge in [-0.2, -0.15) is 0 Å². The highest BCUT2D eigenvalue weighted by Crippen LogP contribution is 2.22. The molecule has 5 nitrogen and oxygen atoms in total. The second-order valence-electron chi connectivity index (χ2n) is 7.67. The lowest BCUT2D eigenvalue weighted by Gasteiger charge is -2.34. The minimum atomic E-state index is -0.348. The average molecular weight is 345 g/mol. The maximum Gasteiger partial charge on any atom is 0.253 e. The molecule has 2 atom stereocenters. The van der Waals surface area contributed by atoms with E-state index in [0.717, 1.165) is 57.7 Å². The molecule has 0 bridgehead atoms. The summed E-state index contributed by atoms with van der Waals surface area (Å²) in [6, 6.07) is 8.08. The smallest absolute Gasteiger partial charge is 0.253 e. The second kappa shape index (κ2) is 8.30. The lowest BCUT2D eigenvalue weighted by molar-refractivity contribution is 0.0466. The van der Waals surface area contributed by atoms with Crippen LogP contribution in [0.5, 0.6) is 0 Å². The summed E-state index contributed by atoms with van der Waals surface area (Å²) in [7, 11) is 2.16. The number of aliphatic hydroxyl groups excluding tert-OH is 1. The number of carbonyl (C=O) groups excluding carboxylic acids is 1. The monoisotopic (exact) mass is 345 g/mol. The first-order valence-electron chi connectivity index (χ1n) is 9.50. The van der Waals surface area contributed by atoms with Crippen LogP contribution in [0.15, 0.2) is 24.3 Å². The lowest BCUT2D eigenvalue weighted by atomic mass is 9.93. The van der Waals surface area contributed by atoms with E-state index in [9.17, 15) is 9.90 Å². The van der Waals surface area contributed by atoms with E-state index >= 15 is 0 Å². The van der Waals surface area contributed by atoms with E-state index in [0.29, 0.717) is 6.54 Å². The fraction of sp³-hybridized carbons (Fsp3) is 0.650. The normalized spacial score (nSPS) is 24.3. The molecule has 138 valence electrons. The number of likely N-dealkylation sites (tertiary alicyclic amines) is 1. The largest absolute Gasteiger partial charge is 0.393 e. The molecule has 1 aromatic rings. The quantitative estimate of drug-likeness (QED) is 0.902. The SMILES string of the molecule is CC(O)C1CCCN(C(=O)c2cccc(CN3CCN(C)CC3)c2)C1. The van der Waals surface area contributed by atoms with Crippen LogP contribution in [-0.2, 0) is 6.54 Å². The van der Waals surface area contributed by atoms with E-state index < -0.39 is 0 Å². The highest BCUT2D eigenvalue weighted by molar-refractivity contribution is 5.94. The van der Waals surface area contributed by atoms with Crippen LogP contribution in [0.1, 0.15) is 35.7 Å². The molecule has 2 aliphatic heterocycles. The molecule has 2 aliphatic rings. The van der Waals surface area contributed by atoms with Gasteiger partial charge in [-0.25, -0.2) is 0 Å². The number of hydrogen-bond acceptors (Lipinski definition) is 4. The molecule has 2 unspecified atom stereocenters. The molecule has 2 fully saturated rings. The highest BCUT2D eigenvalue weighted by Gasteiger charge is 2.27. The minimum Gasteiger partial charge on any atom is -0.393 e. The van der Waals surface area contributed by atoms with Crippen molar-refractivity contribution in [1.82, 2.24) is 14.7 Å². The Balaban J connectivity index is 1.63. The highest BCUT2D eigenvalue weighted by atomic mass is 16.3. The molecule has 0 radical (unpaired) electrons. The molecule has 2 saturated heterocycles. The van der Waals surface area contributed by atoms with Crippen molar-refractivity contribution in [2.24, 2.45) is 5.92 Å². The van der Waals surface area contributed by atoms with Gasteiger partial charge in [0.15, 0.2) is 0 Å². The number of amides is 1. The van der Waals surface area contributed by atoms with Gasteiger partial charge in [0.2, 0.25) is 0 Å². The van der Waals surface area contributed by atoms with Gasteiger partial charge in [0, 0.05) is 57.3 Å². The van der Waals surface area contributed by atoms with Gasteiger partial charge in [0.1, 0.15) is 0 Å². The van der Waals surface area contributed by atoms with Gasteiger partial charge in [-0.15, -0.1) is 0 Å². The third-order valence-corrected chi connectivity index (χ3v) is 5.60. The first-order chi connectivity index (χ1) is 12.0. The van der Waals surface area contributed by atoms with Crippen LogP contribution in [0.2, 0.25) is 0 Å². The molecule has 0 aromatic heterocycles. The molecule has 3 rings (SSSR count). The zero-order chi connectivity index (χ0) is 17.8. The van der Waals surface area contributed by atoms with Crippen LogP contribution < -0.4 is 0 Å². The van der Waals surface area contributed by atoms with Crippen molar-refractivity contribution in [1.29, 1.82) is 0 Å². The maximum atomic E-state index is 12.9. The number of rotatable bonds is 4. The Bertz CT molecular complexity index is 582. The van der Waals surface area contributed by atoms with E-state index in [1.165, 1.54) is 5.56 Å². The van der Waals surface area contributed by atoms with E-state index in [-0.39, 0.29) is 17.9 Å². The van der Waals surface area contributed by atoms with Gasteiger partial charge >= 0.3 is 0 Å². The number of likely N-dealkylation sites (N-methyl/N-ethyl adjacent to an activating group) is 1. The summed E-state index contributed by atoms with van der Waals surface area (Å²) in [5.74, 6) is 0.303. The number of piperazine rings is 1. The fourth-order valence-electron chi connectivity index (χ4n) is 3.84. The first-order valence-corrected chi connectivity index (χ1v) is 9.50. The van der Waals surface area contributed by atoms with Crippen LogP contribution in [0.25, 0.3) is 0 Å². The van der Waals surface area contributed by atoms with Crippen LogP contribution >= 0.6 is 0 Å². The predicted octanol–water partition coefficient (Wildman–Crippen LogP) is 1.67. The Hall–Kier alpha value is -1.43. The molecule has 1 aromatic carbocycles. The zero-order valence-corrected chi connectivity index (χ0v) is 15.5. The van der Waals surface area contributed by atoms with Gasteiger partial charge in [-0.05, 0) is 44.5 Å². The number of carbonyl (C=O) groups is 1. The minimum absolute atomic E-state index is 0.102. The number of hydrogen-bond donors (Lipinski definition) is 1. The standard InChI is InChI=1S/C20H31N3O2/c1-16(24)19-7-4-8-23(15-19)20(25)18-6-3-5-17(13-18)14-22-11-9-21(2)10-12-22/h3,5-6,13,16,19,24H,4,7-12,14-15H2,1-2H3. The molecule has 0 saturated carbocycles. The van der Waals surface area contributed by atoms with Crippen molar-refractivity contribution in [3.8, 4) is 0 Å². The van der Waals surface area contributed by atoms with Crippen molar-refractivity contribution >= 4 is 5.91 Å². The molecule has 25 heavy (non-hydrogen) atoms. The van der Waals surface area contributed by atoms with E-state index in [1.54, 1.807) is 0 Å². The summed E-state index contributed by atoms with van der Waals surface area (Å²) in [4.78, 5) is 19.6. The summed E-state index contributed by atoms with van der Waals surface area (Å²) in [5.41, 5.74) is 1.98. The number of piperidine rings is 1. The molecular formula is C20H31N3O2. The average Bonchev–Trinajstić information content (AvgIpc) is 2.63. The van der Waals surface area contributed by atoms with E-state index in [2.05, 4.69) is 22.9 Å². The zero-order valence-electron chi connectivity index (χ0n) is 15.5. The second-order valence-corrected chi connectivity index (χ2v) is 7.67. The van der Waals surface area contributed by atoms with E-state index in [1.807, 2.05) is 30.0 Å². The van der Waals surface area contributed by atoms with Crippen LogP contribution in [0, 0.1) is 5.92 Å². The first kappa shape index (κ1) is 18.4. The number of benzene rings is 1. The lowest BCUT2D eigenvalue weighted by Crippen LogP contribution is -2.44. The third-order valence-electron chi connectivity index (χ3n) is 5.60. The predicted molar refractivity (Wildman–Crippen MR) is 99.5 cm³/mol. The maximum absolute atomic E-state index is 12.9. The van der Waals surface area contributed by atoms with Crippen molar-refractivity contribution in [3.05, 3.63) is 35.4 Å². The van der Waals surface area contributed by atoms with Crippen LogP contribution in [-0.4, -0.2) is 78.1 Å². The Morgan fingerprint density at radius 2 is 2.00 bits per heavy atom. The van der Waals surface area contributed by atoms with Gasteiger partial charge in [-0.3, -0.25) is 9.69 Å². The van der Waals surface area contributed by atoms with Crippen molar-refractivity contribution in [3.63, 3.8) is 0 Å². The summed E-state index contributed by atoms with van der Waals surface area (Å²) < 4.78 is 0. The molecule has 0 spiro atoms. The van der Waals surface area contributed by atoms with E-state index in [4.69, 9.17) is 0 Å². The molecule has 2 heterocycles. The van der Waals surface area contributed by atoms with Gasteiger partial charge in [-0.1, -0.05) is 12.1 Å². The topological polar surface area (TPSA) is 47.0 Å².